The summed E-state index contributed by atoms with van der Waals surface area (Å²) in [5, 5.41) is 12.5. The maximum absolute atomic E-state index is 12.3. The fourth-order valence-corrected chi connectivity index (χ4v) is 2.41. The van der Waals surface area contributed by atoms with Gasteiger partial charge in [0.1, 0.15) is 11.5 Å². The molecule has 4 nitrogen and oxygen atoms in total. The van der Waals surface area contributed by atoms with E-state index in [-0.39, 0.29) is 11.5 Å². The zero-order valence-electron chi connectivity index (χ0n) is 13.5. The fraction of sp³-hybridized carbons (Fsp3) is 0.105. The van der Waals surface area contributed by atoms with Gasteiger partial charge in [-0.15, -0.1) is 13.2 Å². The van der Waals surface area contributed by atoms with Crippen LogP contribution in [0.4, 0.5) is 18.9 Å². The minimum atomic E-state index is -4.71. The van der Waals surface area contributed by atoms with E-state index in [9.17, 15) is 18.3 Å². The number of pyridine rings is 1. The minimum Gasteiger partial charge on any atom is -0.508 e. The number of anilines is 1. The fourth-order valence-electron chi connectivity index (χ4n) is 2.41. The molecule has 0 amide bonds. The highest BCUT2D eigenvalue weighted by Gasteiger charge is 2.31. The van der Waals surface area contributed by atoms with Crippen LogP contribution in [0, 0.1) is 0 Å². The summed E-state index contributed by atoms with van der Waals surface area (Å²) in [6.07, 6.45) is -1.40. The first-order valence-electron chi connectivity index (χ1n) is 7.72. The predicted octanol–water partition coefficient (Wildman–Crippen LogP) is 4.96. The van der Waals surface area contributed by atoms with Crippen molar-refractivity contribution in [2.45, 2.75) is 12.9 Å². The Morgan fingerprint density at radius 1 is 0.962 bits per heavy atom. The van der Waals surface area contributed by atoms with Gasteiger partial charge in [-0.1, -0.05) is 24.3 Å². The average molecular weight is 360 g/mol. The van der Waals surface area contributed by atoms with E-state index in [0.717, 1.165) is 16.8 Å². The number of nitrogens with one attached hydrogen (secondary N) is 1. The van der Waals surface area contributed by atoms with Crippen LogP contribution in [-0.4, -0.2) is 16.5 Å². The van der Waals surface area contributed by atoms with Crippen LogP contribution in [0.5, 0.6) is 11.5 Å². The van der Waals surface area contributed by atoms with Crippen molar-refractivity contribution in [3.63, 3.8) is 0 Å². The second kappa shape index (κ2) is 7.35. The Labute approximate surface area is 147 Å². The highest BCUT2D eigenvalue weighted by atomic mass is 19.4. The Morgan fingerprint density at radius 2 is 1.73 bits per heavy atom. The van der Waals surface area contributed by atoms with E-state index < -0.39 is 6.36 Å². The van der Waals surface area contributed by atoms with E-state index in [0.29, 0.717) is 12.1 Å². The van der Waals surface area contributed by atoms with Gasteiger partial charge >= 0.3 is 6.36 Å². The molecule has 26 heavy (non-hydrogen) atoms. The monoisotopic (exact) mass is 360 g/mol. The van der Waals surface area contributed by atoms with Gasteiger partial charge in [-0.25, -0.2) is 0 Å². The Balaban J connectivity index is 1.69. The number of phenols is 1. The van der Waals surface area contributed by atoms with Gasteiger partial charge in [-0.3, -0.25) is 4.98 Å². The molecule has 0 bridgehead atoms. The molecule has 0 aliphatic heterocycles. The summed E-state index contributed by atoms with van der Waals surface area (Å²) in [6.45, 7) is 0.315. The third-order valence-electron chi connectivity index (χ3n) is 3.57. The standard InChI is InChI=1S/C19H15F3N2O2/c20-19(21,22)26-18-3-1-2-13(8-18)10-24-16-9-15(11-23-12-16)14-4-6-17(25)7-5-14/h1-9,11-12,24-25H,10H2. The van der Waals surface area contributed by atoms with Gasteiger partial charge in [0.05, 0.1) is 5.69 Å². The quantitative estimate of drug-likeness (QED) is 0.675. The second-order valence-electron chi connectivity index (χ2n) is 5.56. The van der Waals surface area contributed by atoms with Crippen LogP contribution in [0.3, 0.4) is 0 Å². The van der Waals surface area contributed by atoms with Gasteiger partial charge in [0.25, 0.3) is 0 Å². The first-order valence-corrected chi connectivity index (χ1v) is 7.72. The number of ether oxygens (including phenoxy) is 1. The lowest BCUT2D eigenvalue weighted by molar-refractivity contribution is -0.274. The van der Waals surface area contributed by atoms with Crippen molar-refractivity contribution >= 4 is 5.69 Å². The van der Waals surface area contributed by atoms with Crippen molar-refractivity contribution in [3.8, 4) is 22.6 Å². The number of alkyl halides is 3. The number of halogens is 3. The molecule has 3 rings (SSSR count). The molecule has 0 fully saturated rings. The molecule has 0 aliphatic rings. The number of benzene rings is 2. The summed E-state index contributed by atoms with van der Waals surface area (Å²) in [5.74, 6) is -0.0790. The van der Waals surface area contributed by atoms with Crippen LogP contribution >= 0.6 is 0 Å². The first-order chi connectivity index (χ1) is 12.4. The molecule has 0 saturated heterocycles. The molecular weight excluding hydrogens is 345 g/mol. The molecular formula is C19H15F3N2O2. The zero-order valence-corrected chi connectivity index (χ0v) is 13.5. The number of nitrogens with zero attached hydrogens (tertiary/aromatic N) is 1. The number of aromatic nitrogens is 1. The molecule has 3 aromatic rings. The zero-order chi connectivity index (χ0) is 18.6. The summed E-state index contributed by atoms with van der Waals surface area (Å²) in [7, 11) is 0. The van der Waals surface area contributed by atoms with E-state index >= 15 is 0 Å². The Kier molecular flexibility index (Phi) is 4.97. The van der Waals surface area contributed by atoms with Gasteiger partial charge in [-0.05, 0) is 41.5 Å². The van der Waals surface area contributed by atoms with Crippen LogP contribution in [0.2, 0.25) is 0 Å². The summed E-state index contributed by atoms with van der Waals surface area (Å²) in [4.78, 5) is 4.16. The van der Waals surface area contributed by atoms with Crippen LogP contribution in [0.25, 0.3) is 11.1 Å². The van der Waals surface area contributed by atoms with Gasteiger partial charge in [-0.2, -0.15) is 0 Å². The highest BCUT2D eigenvalue weighted by Crippen LogP contribution is 2.25. The lowest BCUT2D eigenvalue weighted by atomic mass is 10.1. The molecule has 134 valence electrons. The van der Waals surface area contributed by atoms with Crippen LogP contribution < -0.4 is 10.1 Å². The van der Waals surface area contributed by atoms with Crippen molar-refractivity contribution in [2.75, 3.05) is 5.32 Å². The molecule has 1 aromatic heterocycles. The van der Waals surface area contributed by atoms with Gasteiger partial charge in [0.2, 0.25) is 0 Å². The van der Waals surface area contributed by atoms with Gasteiger partial charge in [0.15, 0.2) is 0 Å². The molecule has 0 unspecified atom stereocenters. The lowest BCUT2D eigenvalue weighted by Gasteiger charge is -2.11. The number of hydrogen-bond acceptors (Lipinski definition) is 4. The van der Waals surface area contributed by atoms with Crippen LogP contribution in [0.15, 0.2) is 67.0 Å². The normalized spacial score (nSPS) is 11.2. The highest BCUT2D eigenvalue weighted by molar-refractivity contribution is 5.67. The van der Waals surface area contributed by atoms with E-state index in [2.05, 4.69) is 15.0 Å². The number of hydrogen-bond donors (Lipinski definition) is 2. The summed E-state index contributed by atoms with van der Waals surface area (Å²) in [5.41, 5.74) is 3.10. The molecule has 0 spiro atoms. The topological polar surface area (TPSA) is 54.4 Å². The van der Waals surface area contributed by atoms with Crippen molar-refractivity contribution in [1.29, 1.82) is 0 Å². The maximum atomic E-state index is 12.3. The third kappa shape index (κ3) is 4.89. The molecule has 0 aliphatic carbocycles. The minimum absolute atomic E-state index is 0.178. The van der Waals surface area contributed by atoms with E-state index in [1.165, 1.54) is 18.2 Å². The number of aromatic hydroxyl groups is 1. The molecule has 1 heterocycles. The van der Waals surface area contributed by atoms with Gasteiger partial charge in [0, 0.05) is 24.5 Å². The SMILES string of the molecule is Oc1ccc(-c2cncc(NCc3cccc(OC(F)(F)F)c3)c2)cc1. The Morgan fingerprint density at radius 3 is 2.46 bits per heavy atom. The largest absolute Gasteiger partial charge is 0.573 e. The first kappa shape index (κ1) is 17.6. The molecule has 2 aromatic carbocycles. The van der Waals surface area contributed by atoms with Crippen molar-refractivity contribution in [1.82, 2.24) is 4.98 Å². The molecule has 0 saturated carbocycles. The summed E-state index contributed by atoms with van der Waals surface area (Å²) < 4.78 is 40.8. The third-order valence-corrected chi connectivity index (χ3v) is 3.57. The van der Waals surface area contributed by atoms with Crippen LogP contribution in [-0.2, 0) is 6.54 Å². The number of phenolic OH excluding ortho intramolecular Hbond substituents is 1. The molecule has 0 atom stereocenters. The van der Waals surface area contributed by atoms with E-state index in [1.54, 1.807) is 42.7 Å². The maximum Gasteiger partial charge on any atom is 0.573 e. The van der Waals surface area contributed by atoms with Crippen molar-refractivity contribution in [3.05, 3.63) is 72.6 Å². The molecule has 0 radical (unpaired) electrons. The average Bonchev–Trinajstić information content (AvgIpc) is 2.60. The Hall–Kier alpha value is -3.22. The predicted molar refractivity (Wildman–Crippen MR) is 91.8 cm³/mol. The van der Waals surface area contributed by atoms with E-state index in [4.69, 9.17) is 0 Å². The lowest BCUT2D eigenvalue weighted by Crippen LogP contribution is -2.17. The summed E-state index contributed by atoms with van der Waals surface area (Å²) in [6, 6.07) is 14.4. The van der Waals surface area contributed by atoms with Crippen molar-refractivity contribution < 1.29 is 23.0 Å². The Bertz CT molecular complexity index is 880. The van der Waals surface area contributed by atoms with E-state index in [1.807, 2.05) is 6.07 Å². The number of rotatable bonds is 5. The molecule has 7 heteroatoms. The van der Waals surface area contributed by atoms with Gasteiger partial charge < -0.3 is 15.2 Å². The van der Waals surface area contributed by atoms with Crippen molar-refractivity contribution in [2.24, 2.45) is 0 Å². The second-order valence-corrected chi connectivity index (χ2v) is 5.56. The smallest absolute Gasteiger partial charge is 0.508 e. The summed E-state index contributed by atoms with van der Waals surface area (Å²) >= 11 is 0. The van der Waals surface area contributed by atoms with Crippen LogP contribution in [0.1, 0.15) is 5.56 Å². The molecule has 2 N–H and O–H groups in total.